The molecule has 4 rings (SSSR count). The van der Waals surface area contributed by atoms with Gasteiger partial charge in [-0.3, -0.25) is 4.79 Å². The van der Waals surface area contributed by atoms with Gasteiger partial charge in [0.05, 0.1) is 11.3 Å². The molecule has 0 saturated carbocycles. The first kappa shape index (κ1) is 18.0. The van der Waals surface area contributed by atoms with E-state index in [2.05, 4.69) is 4.90 Å². The van der Waals surface area contributed by atoms with Crippen molar-refractivity contribution in [1.29, 1.82) is 0 Å². The van der Waals surface area contributed by atoms with Gasteiger partial charge >= 0.3 is 0 Å². The molecule has 1 aliphatic rings. The number of carbonyl (C=O) groups is 1. The van der Waals surface area contributed by atoms with E-state index in [1.165, 1.54) is 12.1 Å². The molecule has 0 aromatic heterocycles. The molecule has 0 spiro atoms. The number of halogens is 1. The molecule has 0 aliphatic carbocycles. The Kier molecular flexibility index (Phi) is 5.24. The molecule has 0 atom stereocenters. The normalized spacial score (nSPS) is 14.0. The van der Waals surface area contributed by atoms with Crippen molar-refractivity contribution in [2.24, 2.45) is 0 Å². The number of benzene rings is 3. The number of amides is 1. The predicted molar refractivity (Wildman–Crippen MR) is 107 cm³/mol. The van der Waals surface area contributed by atoms with Crippen LogP contribution in [0.4, 0.5) is 10.1 Å². The summed E-state index contributed by atoms with van der Waals surface area (Å²) in [6.07, 6.45) is 0. The van der Waals surface area contributed by atoms with E-state index in [-0.39, 0.29) is 11.5 Å². The van der Waals surface area contributed by atoms with Crippen LogP contribution in [-0.4, -0.2) is 37.0 Å². The molecule has 1 amide bonds. The highest BCUT2D eigenvalue weighted by Crippen LogP contribution is 2.32. The van der Waals surface area contributed by atoms with Crippen LogP contribution in [0.2, 0.25) is 0 Å². The highest BCUT2D eigenvalue weighted by Gasteiger charge is 2.25. The standard InChI is InChI=1S/C23H21FN2O2/c24-20-11-5-4-10-19(20)23(27)26-16-14-25(15-17-26)21-12-6-7-13-22(21)28-18-8-2-1-3-9-18/h1-13H,14-17H2. The minimum Gasteiger partial charge on any atom is -0.455 e. The number of para-hydroxylation sites is 3. The molecule has 0 bridgehead atoms. The number of anilines is 1. The van der Waals surface area contributed by atoms with Gasteiger partial charge < -0.3 is 14.5 Å². The Hall–Kier alpha value is -3.34. The number of carbonyl (C=O) groups excluding carboxylic acids is 1. The Balaban J connectivity index is 1.46. The maximum absolute atomic E-state index is 13.9. The van der Waals surface area contributed by atoms with Crippen LogP contribution in [-0.2, 0) is 0 Å². The Morgan fingerprint density at radius 2 is 1.43 bits per heavy atom. The summed E-state index contributed by atoms with van der Waals surface area (Å²) in [5, 5.41) is 0. The van der Waals surface area contributed by atoms with Crippen LogP contribution in [0, 0.1) is 5.82 Å². The quantitative estimate of drug-likeness (QED) is 0.668. The lowest BCUT2D eigenvalue weighted by atomic mass is 10.1. The van der Waals surface area contributed by atoms with E-state index in [0.29, 0.717) is 26.2 Å². The number of piperazine rings is 1. The van der Waals surface area contributed by atoms with Gasteiger partial charge in [-0.1, -0.05) is 42.5 Å². The Morgan fingerprint density at radius 3 is 2.18 bits per heavy atom. The van der Waals surface area contributed by atoms with Gasteiger partial charge in [0.15, 0.2) is 5.75 Å². The number of hydrogen-bond donors (Lipinski definition) is 0. The van der Waals surface area contributed by atoms with E-state index < -0.39 is 5.82 Å². The van der Waals surface area contributed by atoms with Crippen LogP contribution in [0.15, 0.2) is 78.9 Å². The van der Waals surface area contributed by atoms with Crippen LogP contribution < -0.4 is 9.64 Å². The van der Waals surface area contributed by atoms with Crippen molar-refractivity contribution < 1.29 is 13.9 Å². The van der Waals surface area contributed by atoms with E-state index in [0.717, 1.165) is 17.2 Å². The molecule has 1 saturated heterocycles. The average molecular weight is 376 g/mol. The van der Waals surface area contributed by atoms with Crippen molar-refractivity contribution in [2.75, 3.05) is 31.1 Å². The second-order valence-corrected chi connectivity index (χ2v) is 6.64. The SMILES string of the molecule is O=C(c1ccccc1F)N1CCN(c2ccccc2Oc2ccccc2)CC1. The molecule has 5 heteroatoms. The van der Waals surface area contributed by atoms with Gasteiger partial charge in [-0.05, 0) is 36.4 Å². The monoisotopic (exact) mass is 376 g/mol. The average Bonchev–Trinajstić information content (AvgIpc) is 2.75. The molecular weight excluding hydrogens is 355 g/mol. The molecule has 1 fully saturated rings. The predicted octanol–water partition coefficient (Wildman–Crippen LogP) is 4.58. The first-order valence-electron chi connectivity index (χ1n) is 9.33. The summed E-state index contributed by atoms with van der Waals surface area (Å²) in [6.45, 7) is 2.39. The second-order valence-electron chi connectivity index (χ2n) is 6.64. The molecule has 4 nitrogen and oxygen atoms in total. The van der Waals surface area contributed by atoms with Gasteiger partial charge in [-0.25, -0.2) is 4.39 Å². The molecule has 0 N–H and O–H groups in total. The van der Waals surface area contributed by atoms with Gasteiger partial charge in [0.25, 0.3) is 5.91 Å². The molecule has 28 heavy (non-hydrogen) atoms. The number of ether oxygens (including phenoxy) is 1. The Bertz CT molecular complexity index is 954. The lowest BCUT2D eigenvalue weighted by molar-refractivity contribution is 0.0742. The second kappa shape index (κ2) is 8.13. The third-order valence-electron chi connectivity index (χ3n) is 4.85. The number of hydrogen-bond acceptors (Lipinski definition) is 3. The summed E-state index contributed by atoms with van der Waals surface area (Å²) >= 11 is 0. The van der Waals surface area contributed by atoms with Crippen LogP contribution in [0.25, 0.3) is 0 Å². The molecule has 3 aromatic rings. The van der Waals surface area contributed by atoms with Gasteiger partial charge in [0.1, 0.15) is 11.6 Å². The zero-order valence-electron chi connectivity index (χ0n) is 15.4. The van der Waals surface area contributed by atoms with Gasteiger partial charge in [0.2, 0.25) is 0 Å². The first-order valence-corrected chi connectivity index (χ1v) is 9.33. The summed E-state index contributed by atoms with van der Waals surface area (Å²) < 4.78 is 20.0. The maximum atomic E-state index is 13.9. The lowest BCUT2D eigenvalue weighted by Gasteiger charge is -2.36. The topological polar surface area (TPSA) is 32.8 Å². The van der Waals surface area contributed by atoms with Gasteiger partial charge in [-0.15, -0.1) is 0 Å². The highest BCUT2D eigenvalue weighted by atomic mass is 19.1. The molecule has 3 aromatic carbocycles. The molecule has 0 radical (unpaired) electrons. The van der Waals surface area contributed by atoms with Crippen molar-refractivity contribution in [1.82, 2.24) is 4.90 Å². The largest absolute Gasteiger partial charge is 0.455 e. The summed E-state index contributed by atoms with van der Waals surface area (Å²) in [7, 11) is 0. The van der Waals surface area contributed by atoms with Crippen LogP contribution >= 0.6 is 0 Å². The summed E-state index contributed by atoms with van der Waals surface area (Å²) in [5.41, 5.74) is 1.12. The van der Waals surface area contributed by atoms with E-state index in [9.17, 15) is 9.18 Å². The van der Waals surface area contributed by atoms with Gasteiger partial charge in [0, 0.05) is 26.2 Å². The Labute approximate surface area is 163 Å². The minimum absolute atomic E-state index is 0.128. The van der Waals surface area contributed by atoms with Crippen molar-refractivity contribution in [2.45, 2.75) is 0 Å². The zero-order valence-corrected chi connectivity index (χ0v) is 15.4. The number of rotatable bonds is 4. The summed E-state index contributed by atoms with van der Waals surface area (Å²) in [5.74, 6) is 0.828. The van der Waals surface area contributed by atoms with Crippen molar-refractivity contribution in [3.8, 4) is 11.5 Å². The van der Waals surface area contributed by atoms with E-state index in [1.807, 2.05) is 54.6 Å². The summed E-state index contributed by atoms with van der Waals surface area (Å²) in [4.78, 5) is 16.5. The van der Waals surface area contributed by atoms with Gasteiger partial charge in [-0.2, -0.15) is 0 Å². The smallest absolute Gasteiger partial charge is 0.256 e. The first-order chi connectivity index (χ1) is 13.7. The van der Waals surface area contributed by atoms with Crippen LogP contribution in [0.5, 0.6) is 11.5 Å². The van der Waals surface area contributed by atoms with Crippen LogP contribution in [0.1, 0.15) is 10.4 Å². The molecule has 142 valence electrons. The molecule has 0 unspecified atom stereocenters. The fourth-order valence-electron chi connectivity index (χ4n) is 3.38. The molecular formula is C23H21FN2O2. The third kappa shape index (κ3) is 3.83. The maximum Gasteiger partial charge on any atom is 0.256 e. The fourth-order valence-corrected chi connectivity index (χ4v) is 3.38. The van der Waals surface area contributed by atoms with Crippen LogP contribution in [0.3, 0.4) is 0 Å². The number of nitrogens with zero attached hydrogens (tertiary/aromatic N) is 2. The van der Waals surface area contributed by atoms with Crippen molar-refractivity contribution in [3.05, 3.63) is 90.2 Å². The lowest BCUT2D eigenvalue weighted by Crippen LogP contribution is -2.49. The molecule has 1 heterocycles. The van der Waals surface area contributed by atoms with E-state index >= 15 is 0 Å². The zero-order chi connectivity index (χ0) is 19.3. The third-order valence-corrected chi connectivity index (χ3v) is 4.85. The fraction of sp³-hybridized carbons (Fsp3) is 0.174. The molecule has 1 aliphatic heterocycles. The Morgan fingerprint density at radius 1 is 0.786 bits per heavy atom. The van der Waals surface area contributed by atoms with Crippen molar-refractivity contribution >= 4 is 11.6 Å². The minimum atomic E-state index is -0.475. The van der Waals surface area contributed by atoms with Crippen molar-refractivity contribution in [3.63, 3.8) is 0 Å². The van der Waals surface area contributed by atoms with E-state index in [4.69, 9.17) is 4.74 Å². The summed E-state index contributed by atoms with van der Waals surface area (Å²) in [6, 6.07) is 23.7. The highest BCUT2D eigenvalue weighted by molar-refractivity contribution is 5.94. The van der Waals surface area contributed by atoms with E-state index in [1.54, 1.807) is 17.0 Å².